The summed E-state index contributed by atoms with van der Waals surface area (Å²) in [7, 11) is 0. The highest BCUT2D eigenvalue weighted by Gasteiger charge is 2.32. The van der Waals surface area contributed by atoms with Crippen molar-refractivity contribution in [2.24, 2.45) is 5.14 Å². The van der Waals surface area contributed by atoms with Crippen LogP contribution in [-0.2, 0) is 6.18 Å². The van der Waals surface area contributed by atoms with Gasteiger partial charge in [-0.15, -0.1) is 0 Å². The Morgan fingerprint density at radius 3 is 2.17 bits per heavy atom. The number of rotatable bonds is 1. The molecule has 1 nitrogen and oxygen atoms in total. The predicted octanol–water partition coefficient (Wildman–Crippen LogP) is 2.67. The van der Waals surface area contributed by atoms with Gasteiger partial charge >= 0.3 is 6.18 Å². The molecule has 5 heteroatoms. The third kappa shape index (κ3) is 1.92. The Bertz CT molecular complexity index is 272. The van der Waals surface area contributed by atoms with E-state index in [2.05, 4.69) is 0 Å². The summed E-state index contributed by atoms with van der Waals surface area (Å²) in [5.41, 5.74) is -0.683. The van der Waals surface area contributed by atoms with Crippen LogP contribution in [-0.4, -0.2) is 0 Å². The highest BCUT2D eigenvalue weighted by molar-refractivity contribution is 7.97. The van der Waals surface area contributed by atoms with Crippen LogP contribution in [0.15, 0.2) is 29.2 Å². The molecule has 0 aliphatic carbocycles. The van der Waals surface area contributed by atoms with Gasteiger partial charge in [0, 0.05) is 4.90 Å². The summed E-state index contributed by atoms with van der Waals surface area (Å²) in [5, 5.41) is 5.06. The SMILES string of the molecule is NSc1ccccc1C(F)(F)F. The molecule has 0 atom stereocenters. The summed E-state index contributed by atoms with van der Waals surface area (Å²) in [6.07, 6.45) is -4.32. The zero-order valence-corrected chi connectivity index (χ0v) is 6.75. The minimum Gasteiger partial charge on any atom is -0.274 e. The van der Waals surface area contributed by atoms with Crippen molar-refractivity contribution < 1.29 is 13.2 Å². The van der Waals surface area contributed by atoms with Crippen LogP contribution in [0.3, 0.4) is 0 Å². The maximum Gasteiger partial charge on any atom is 0.417 e. The molecular weight excluding hydrogens is 187 g/mol. The summed E-state index contributed by atoms with van der Waals surface area (Å²) in [4.78, 5) is 0.0463. The molecular formula is C7H6F3NS. The molecule has 0 saturated carbocycles. The van der Waals surface area contributed by atoms with Gasteiger partial charge in [0.1, 0.15) is 0 Å². The lowest BCUT2D eigenvalue weighted by Crippen LogP contribution is -2.06. The summed E-state index contributed by atoms with van der Waals surface area (Å²) >= 11 is 0.602. The summed E-state index contributed by atoms with van der Waals surface area (Å²) in [6.45, 7) is 0. The smallest absolute Gasteiger partial charge is 0.274 e. The molecule has 0 aliphatic rings. The normalized spacial score (nSPS) is 11.7. The molecule has 1 rings (SSSR count). The third-order valence-corrected chi connectivity index (χ3v) is 1.93. The van der Waals surface area contributed by atoms with Gasteiger partial charge in [-0.2, -0.15) is 13.2 Å². The molecule has 0 bridgehead atoms. The number of nitrogens with two attached hydrogens (primary N) is 1. The number of benzene rings is 1. The van der Waals surface area contributed by atoms with Crippen LogP contribution in [0, 0.1) is 0 Å². The van der Waals surface area contributed by atoms with Crippen LogP contribution in [0.4, 0.5) is 13.2 Å². The third-order valence-electron chi connectivity index (χ3n) is 1.32. The molecule has 0 aromatic heterocycles. The van der Waals surface area contributed by atoms with Crippen molar-refractivity contribution in [3.8, 4) is 0 Å². The first-order valence-corrected chi connectivity index (χ1v) is 3.96. The van der Waals surface area contributed by atoms with E-state index < -0.39 is 11.7 Å². The van der Waals surface area contributed by atoms with Gasteiger partial charge in [-0.3, -0.25) is 5.14 Å². The Morgan fingerprint density at radius 1 is 1.17 bits per heavy atom. The lowest BCUT2D eigenvalue weighted by Gasteiger charge is -2.09. The number of hydrogen-bond acceptors (Lipinski definition) is 2. The second-order valence-corrected chi connectivity index (χ2v) is 2.79. The van der Waals surface area contributed by atoms with Crippen molar-refractivity contribution >= 4 is 11.9 Å². The molecule has 0 fully saturated rings. The van der Waals surface area contributed by atoms with Gasteiger partial charge in [-0.25, -0.2) is 0 Å². The average Bonchev–Trinajstić information content (AvgIpc) is 2.03. The molecule has 0 amide bonds. The lowest BCUT2D eigenvalue weighted by atomic mass is 10.2. The largest absolute Gasteiger partial charge is 0.417 e. The zero-order chi connectivity index (χ0) is 9.19. The molecule has 0 saturated heterocycles. The standard InChI is InChI=1S/C7H6F3NS/c8-7(9,10)5-3-1-2-4-6(5)12-11/h1-4H,11H2. The first kappa shape index (κ1) is 9.41. The zero-order valence-electron chi connectivity index (χ0n) is 5.93. The minimum atomic E-state index is -4.32. The highest BCUT2D eigenvalue weighted by atomic mass is 32.2. The van der Waals surface area contributed by atoms with Gasteiger partial charge in [0.2, 0.25) is 0 Å². The van der Waals surface area contributed by atoms with Gasteiger partial charge in [0.15, 0.2) is 0 Å². The molecule has 1 aromatic carbocycles. The highest BCUT2D eigenvalue weighted by Crippen LogP contribution is 2.34. The van der Waals surface area contributed by atoms with Gasteiger partial charge in [-0.05, 0) is 24.1 Å². The first-order valence-electron chi connectivity index (χ1n) is 3.08. The molecule has 12 heavy (non-hydrogen) atoms. The van der Waals surface area contributed by atoms with E-state index in [9.17, 15) is 13.2 Å². The number of hydrogen-bond donors (Lipinski definition) is 1. The van der Waals surface area contributed by atoms with Crippen molar-refractivity contribution in [2.75, 3.05) is 0 Å². The molecule has 0 spiro atoms. The molecule has 66 valence electrons. The summed E-state index contributed by atoms with van der Waals surface area (Å²) < 4.78 is 36.5. The Balaban J connectivity index is 3.14. The van der Waals surface area contributed by atoms with Crippen molar-refractivity contribution in [3.05, 3.63) is 29.8 Å². The van der Waals surface area contributed by atoms with Crippen molar-refractivity contribution in [1.29, 1.82) is 0 Å². The van der Waals surface area contributed by atoms with E-state index in [1.807, 2.05) is 0 Å². The van der Waals surface area contributed by atoms with Gasteiger partial charge in [-0.1, -0.05) is 12.1 Å². The lowest BCUT2D eigenvalue weighted by molar-refractivity contribution is -0.139. The Labute approximate surface area is 71.9 Å². The molecule has 2 N–H and O–H groups in total. The van der Waals surface area contributed by atoms with E-state index in [1.54, 1.807) is 0 Å². The molecule has 0 radical (unpaired) electrons. The monoisotopic (exact) mass is 193 g/mol. The Morgan fingerprint density at radius 2 is 1.75 bits per heavy atom. The van der Waals surface area contributed by atoms with Gasteiger partial charge in [0.25, 0.3) is 0 Å². The first-order chi connectivity index (χ1) is 5.55. The maximum atomic E-state index is 12.2. The van der Waals surface area contributed by atoms with E-state index in [0.717, 1.165) is 6.07 Å². The van der Waals surface area contributed by atoms with E-state index in [-0.39, 0.29) is 4.90 Å². The fraction of sp³-hybridized carbons (Fsp3) is 0.143. The average molecular weight is 193 g/mol. The fourth-order valence-electron chi connectivity index (χ4n) is 0.804. The maximum absolute atomic E-state index is 12.2. The number of alkyl halides is 3. The number of halogens is 3. The second kappa shape index (κ2) is 3.37. The van der Waals surface area contributed by atoms with Crippen LogP contribution in [0.25, 0.3) is 0 Å². The van der Waals surface area contributed by atoms with Crippen molar-refractivity contribution in [3.63, 3.8) is 0 Å². The van der Waals surface area contributed by atoms with Crippen LogP contribution in [0.5, 0.6) is 0 Å². The molecule has 0 unspecified atom stereocenters. The van der Waals surface area contributed by atoms with Crippen LogP contribution < -0.4 is 5.14 Å². The Kier molecular flexibility index (Phi) is 2.64. The predicted molar refractivity (Wildman–Crippen MR) is 41.5 cm³/mol. The van der Waals surface area contributed by atoms with Crippen molar-refractivity contribution in [2.45, 2.75) is 11.1 Å². The quantitative estimate of drug-likeness (QED) is 0.694. The molecule has 0 aliphatic heterocycles. The van der Waals surface area contributed by atoms with E-state index >= 15 is 0 Å². The Hall–Kier alpha value is -0.680. The summed E-state index contributed by atoms with van der Waals surface area (Å²) in [6, 6.07) is 5.20. The van der Waals surface area contributed by atoms with Crippen LogP contribution in [0.2, 0.25) is 0 Å². The fourth-order valence-corrected chi connectivity index (χ4v) is 1.27. The van der Waals surface area contributed by atoms with E-state index in [0.29, 0.717) is 11.9 Å². The molecule has 0 heterocycles. The molecule has 1 aromatic rings. The van der Waals surface area contributed by atoms with Crippen LogP contribution >= 0.6 is 11.9 Å². The van der Waals surface area contributed by atoms with Gasteiger partial charge in [0.05, 0.1) is 5.56 Å². The van der Waals surface area contributed by atoms with Gasteiger partial charge < -0.3 is 0 Å². The van der Waals surface area contributed by atoms with Crippen LogP contribution in [0.1, 0.15) is 5.56 Å². The van der Waals surface area contributed by atoms with E-state index in [4.69, 9.17) is 5.14 Å². The van der Waals surface area contributed by atoms with E-state index in [1.165, 1.54) is 18.2 Å². The van der Waals surface area contributed by atoms with Crippen molar-refractivity contribution in [1.82, 2.24) is 0 Å². The second-order valence-electron chi connectivity index (χ2n) is 2.11. The topological polar surface area (TPSA) is 26.0 Å². The summed E-state index contributed by atoms with van der Waals surface area (Å²) in [5.74, 6) is 0. The minimum absolute atomic E-state index is 0.0463.